The van der Waals surface area contributed by atoms with Crippen molar-refractivity contribution in [1.29, 1.82) is 0 Å². The van der Waals surface area contributed by atoms with Crippen molar-refractivity contribution in [2.75, 3.05) is 0 Å². The number of carbonyl (C=O) groups excluding carboxylic acids is 1. The SMILES string of the molecule is CCC(C)NC1(C(N)=O)CC2CCC1C2. The fraction of sp³-hybridized carbons (Fsp3) is 0.917. The molecular weight excluding hydrogens is 188 g/mol. The van der Waals surface area contributed by atoms with Crippen molar-refractivity contribution in [3.05, 3.63) is 0 Å². The van der Waals surface area contributed by atoms with E-state index >= 15 is 0 Å². The molecule has 0 aromatic heterocycles. The van der Waals surface area contributed by atoms with E-state index in [0.717, 1.165) is 18.8 Å². The molecule has 2 bridgehead atoms. The van der Waals surface area contributed by atoms with Gasteiger partial charge >= 0.3 is 0 Å². The highest BCUT2D eigenvalue weighted by Gasteiger charge is 2.54. The van der Waals surface area contributed by atoms with Crippen molar-refractivity contribution in [3.63, 3.8) is 0 Å². The molecule has 2 saturated carbocycles. The minimum atomic E-state index is -0.377. The Balaban J connectivity index is 2.15. The smallest absolute Gasteiger partial charge is 0.238 e. The van der Waals surface area contributed by atoms with Gasteiger partial charge in [-0.2, -0.15) is 0 Å². The summed E-state index contributed by atoms with van der Waals surface area (Å²) in [5.74, 6) is 1.10. The lowest BCUT2D eigenvalue weighted by Gasteiger charge is -2.38. The van der Waals surface area contributed by atoms with Crippen LogP contribution in [0.1, 0.15) is 46.0 Å². The van der Waals surface area contributed by atoms with Crippen molar-refractivity contribution in [2.24, 2.45) is 17.6 Å². The lowest BCUT2D eigenvalue weighted by atomic mass is 9.79. The van der Waals surface area contributed by atoms with Crippen molar-refractivity contribution < 1.29 is 4.79 Å². The molecule has 86 valence electrons. The van der Waals surface area contributed by atoms with Crippen LogP contribution in [0.25, 0.3) is 0 Å². The van der Waals surface area contributed by atoms with Crippen molar-refractivity contribution >= 4 is 5.91 Å². The molecule has 1 amide bonds. The van der Waals surface area contributed by atoms with Gasteiger partial charge in [0, 0.05) is 6.04 Å². The fourth-order valence-electron chi connectivity index (χ4n) is 3.42. The summed E-state index contributed by atoms with van der Waals surface area (Å²) in [6.45, 7) is 4.27. The molecule has 4 atom stereocenters. The van der Waals surface area contributed by atoms with E-state index in [0.29, 0.717) is 12.0 Å². The zero-order valence-corrected chi connectivity index (χ0v) is 9.75. The van der Waals surface area contributed by atoms with Crippen LogP contribution < -0.4 is 11.1 Å². The van der Waals surface area contributed by atoms with Gasteiger partial charge in [0.15, 0.2) is 0 Å². The first-order valence-corrected chi connectivity index (χ1v) is 6.16. The Morgan fingerprint density at radius 3 is 2.73 bits per heavy atom. The van der Waals surface area contributed by atoms with Gasteiger partial charge in [-0.3, -0.25) is 4.79 Å². The number of hydrogen-bond donors (Lipinski definition) is 2. The van der Waals surface area contributed by atoms with E-state index in [2.05, 4.69) is 19.2 Å². The predicted molar refractivity (Wildman–Crippen MR) is 60.3 cm³/mol. The Bertz CT molecular complexity index is 266. The van der Waals surface area contributed by atoms with Crippen LogP contribution in [0.4, 0.5) is 0 Å². The van der Waals surface area contributed by atoms with Crippen LogP contribution in [-0.2, 0) is 4.79 Å². The van der Waals surface area contributed by atoms with Gasteiger partial charge < -0.3 is 11.1 Å². The predicted octanol–water partition coefficient (Wildman–Crippen LogP) is 1.42. The summed E-state index contributed by atoms with van der Waals surface area (Å²) >= 11 is 0. The van der Waals surface area contributed by atoms with Crippen LogP contribution in [0.15, 0.2) is 0 Å². The molecule has 3 nitrogen and oxygen atoms in total. The monoisotopic (exact) mass is 210 g/mol. The zero-order valence-electron chi connectivity index (χ0n) is 9.75. The molecule has 2 rings (SSSR count). The first kappa shape index (κ1) is 10.9. The number of primary amides is 1. The molecule has 0 aromatic carbocycles. The summed E-state index contributed by atoms with van der Waals surface area (Å²) in [4.78, 5) is 11.7. The molecule has 0 aliphatic heterocycles. The Labute approximate surface area is 91.8 Å². The van der Waals surface area contributed by atoms with E-state index in [1.807, 2.05) is 0 Å². The molecule has 0 radical (unpaired) electrons. The molecule has 2 fully saturated rings. The summed E-state index contributed by atoms with van der Waals surface area (Å²) in [5, 5.41) is 3.50. The third-order valence-electron chi connectivity index (χ3n) is 4.40. The number of fused-ring (bicyclic) bond motifs is 2. The minimum Gasteiger partial charge on any atom is -0.368 e. The second-order valence-corrected chi connectivity index (χ2v) is 5.37. The van der Waals surface area contributed by atoms with Crippen LogP contribution >= 0.6 is 0 Å². The van der Waals surface area contributed by atoms with Gasteiger partial charge in [0.1, 0.15) is 5.54 Å². The molecule has 0 saturated heterocycles. The first-order chi connectivity index (χ1) is 7.08. The highest BCUT2D eigenvalue weighted by molar-refractivity contribution is 5.85. The third kappa shape index (κ3) is 1.67. The van der Waals surface area contributed by atoms with Crippen LogP contribution in [0.5, 0.6) is 0 Å². The van der Waals surface area contributed by atoms with E-state index in [1.54, 1.807) is 0 Å². The van der Waals surface area contributed by atoms with Crippen LogP contribution in [0.3, 0.4) is 0 Å². The number of nitrogens with two attached hydrogens (primary N) is 1. The lowest BCUT2D eigenvalue weighted by molar-refractivity contribution is -0.127. The zero-order chi connectivity index (χ0) is 11.1. The van der Waals surface area contributed by atoms with Crippen LogP contribution in [0, 0.1) is 11.8 Å². The van der Waals surface area contributed by atoms with Crippen molar-refractivity contribution in [1.82, 2.24) is 5.32 Å². The Morgan fingerprint density at radius 1 is 1.60 bits per heavy atom. The molecule has 0 aromatic rings. The van der Waals surface area contributed by atoms with Gasteiger partial charge in [-0.05, 0) is 44.4 Å². The van der Waals surface area contributed by atoms with Gasteiger partial charge in [-0.1, -0.05) is 13.3 Å². The third-order valence-corrected chi connectivity index (χ3v) is 4.40. The van der Waals surface area contributed by atoms with Gasteiger partial charge in [0.25, 0.3) is 0 Å². The molecule has 0 heterocycles. The van der Waals surface area contributed by atoms with Crippen molar-refractivity contribution in [3.8, 4) is 0 Å². The molecule has 2 aliphatic rings. The maximum Gasteiger partial charge on any atom is 0.238 e. The lowest BCUT2D eigenvalue weighted by Crippen LogP contribution is -2.61. The summed E-state index contributed by atoms with van der Waals surface area (Å²) in [7, 11) is 0. The summed E-state index contributed by atoms with van der Waals surface area (Å²) in [6.07, 6.45) is 5.69. The van der Waals surface area contributed by atoms with E-state index in [4.69, 9.17) is 5.73 Å². The van der Waals surface area contributed by atoms with Gasteiger partial charge in [-0.25, -0.2) is 0 Å². The molecule has 3 heteroatoms. The quantitative estimate of drug-likeness (QED) is 0.737. The average molecular weight is 210 g/mol. The van der Waals surface area contributed by atoms with E-state index in [9.17, 15) is 4.79 Å². The normalized spacial score (nSPS) is 40.7. The number of rotatable bonds is 4. The van der Waals surface area contributed by atoms with E-state index in [1.165, 1.54) is 19.3 Å². The van der Waals surface area contributed by atoms with Crippen molar-refractivity contribution in [2.45, 2.75) is 57.5 Å². The summed E-state index contributed by atoms with van der Waals surface area (Å²) in [5.41, 5.74) is 5.24. The second-order valence-electron chi connectivity index (χ2n) is 5.37. The van der Waals surface area contributed by atoms with Gasteiger partial charge in [0.2, 0.25) is 5.91 Å². The van der Waals surface area contributed by atoms with Gasteiger partial charge in [0.05, 0.1) is 0 Å². The number of carbonyl (C=O) groups is 1. The Hall–Kier alpha value is -0.570. The fourth-order valence-corrected chi connectivity index (χ4v) is 3.42. The van der Waals surface area contributed by atoms with Crippen LogP contribution in [-0.4, -0.2) is 17.5 Å². The maximum atomic E-state index is 11.7. The molecule has 15 heavy (non-hydrogen) atoms. The minimum absolute atomic E-state index is 0.130. The Morgan fingerprint density at radius 2 is 2.33 bits per heavy atom. The standard InChI is InChI=1S/C12H22N2O/c1-3-8(2)14-12(11(13)15)7-9-4-5-10(12)6-9/h8-10,14H,3-7H2,1-2H3,(H2,13,15). The molecule has 2 aliphatic carbocycles. The molecule has 3 N–H and O–H groups in total. The highest BCUT2D eigenvalue weighted by atomic mass is 16.1. The van der Waals surface area contributed by atoms with Crippen LogP contribution in [0.2, 0.25) is 0 Å². The van der Waals surface area contributed by atoms with E-state index in [-0.39, 0.29) is 11.4 Å². The van der Waals surface area contributed by atoms with E-state index < -0.39 is 0 Å². The summed E-state index contributed by atoms with van der Waals surface area (Å²) in [6, 6.07) is 0.386. The number of nitrogens with one attached hydrogen (secondary N) is 1. The first-order valence-electron chi connectivity index (χ1n) is 6.16. The largest absolute Gasteiger partial charge is 0.368 e. The average Bonchev–Trinajstić information content (AvgIpc) is 2.77. The topological polar surface area (TPSA) is 55.1 Å². The maximum absolute atomic E-state index is 11.7. The number of amides is 1. The second kappa shape index (κ2) is 3.78. The molecule has 4 unspecified atom stereocenters. The number of hydrogen-bond acceptors (Lipinski definition) is 2. The summed E-state index contributed by atoms with van der Waals surface area (Å²) < 4.78 is 0. The van der Waals surface area contributed by atoms with Gasteiger partial charge in [-0.15, -0.1) is 0 Å². The Kier molecular flexibility index (Phi) is 2.75. The highest BCUT2D eigenvalue weighted by Crippen LogP contribution is 2.50. The molecule has 0 spiro atoms. The molecular formula is C12H22N2O.